The average Bonchev–Trinajstić information content (AvgIpc) is 3.06. The van der Waals surface area contributed by atoms with Gasteiger partial charge in [-0.2, -0.15) is 13.2 Å². The summed E-state index contributed by atoms with van der Waals surface area (Å²) in [4.78, 5) is 25.7. The van der Waals surface area contributed by atoms with Crippen LogP contribution in [0.5, 0.6) is 0 Å². The van der Waals surface area contributed by atoms with Crippen LogP contribution >= 0.6 is 11.8 Å². The lowest BCUT2D eigenvalue weighted by Crippen LogP contribution is -2.47. The molecule has 9 heteroatoms. The van der Waals surface area contributed by atoms with E-state index in [2.05, 4.69) is 10.6 Å². The van der Waals surface area contributed by atoms with Gasteiger partial charge in [0.2, 0.25) is 11.8 Å². The third-order valence-corrected chi connectivity index (χ3v) is 4.49. The molecule has 1 unspecified atom stereocenters. The Morgan fingerprint density at radius 2 is 2.08 bits per heavy atom. The van der Waals surface area contributed by atoms with E-state index < -0.39 is 17.6 Å². The van der Waals surface area contributed by atoms with Crippen LogP contribution < -0.4 is 10.6 Å². The van der Waals surface area contributed by atoms with E-state index in [1.807, 2.05) is 0 Å². The minimum absolute atomic E-state index is 0.221. The molecule has 1 aromatic rings. The third kappa shape index (κ3) is 4.64. The van der Waals surface area contributed by atoms with Crippen molar-refractivity contribution in [2.45, 2.75) is 19.1 Å². The minimum atomic E-state index is -4.56. The molecule has 0 spiro atoms. The van der Waals surface area contributed by atoms with Gasteiger partial charge in [0.1, 0.15) is 0 Å². The van der Waals surface area contributed by atoms with Gasteiger partial charge in [0.15, 0.2) is 0 Å². The lowest BCUT2D eigenvalue weighted by Gasteiger charge is -2.23. The number of hydrogen-bond donors (Lipinski definition) is 2. The fourth-order valence-corrected chi connectivity index (χ4v) is 3.26. The number of benzene rings is 1. The molecule has 24 heavy (non-hydrogen) atoms. The second kappa shape index (κ2) is 7.89. The molecular weight excluding hydrogens is 343 g/mol. The predicted octanol–water partition coefficient (Wildman–Crippen LogP) is 2.15. The van der Waals surface area contributed by atoms with Crippen molar-refractivity contribution < 1.29 is 22.8 Å². The molecule has 1 atom stereocenters. The average molecular weight is 361 g/mol. The summed E-state index contributed by atoms with van der Waals surface area (Å²) in [7, 11) is 0. The lowest BCUT2D eigenvalue weighted by molar-refractivity contribution is -0.137. The van der Waals surface area contributed by atoms with Crippen molar-refractivity contribution in [2.75, 3.05) is 30.0 Å². The molecule has 0 saturated carbocycles. The van der Waals surface area contributed by atoms with Gasteiger partial charge in [-0.25, -0.2) is 0 Å². The number of para-hydroxylation sites is 1. The van der Waals surface area contributed by atoms with Crippen LogP contribution in [0.4, 0.5) is 18.9 Å². The van der Waals surface area contributed by atoms with Gasteiger partial charge in [-0.1, -0.05) is 12.1 Å². The Morgan fingerprint density at radius 3 is 2.67 bits per heavy atom. The Kier molecular flexibility index (Phi) is 6.11. The number of amides is 2. The van der Waals surface area contributed by atoms with E-state index >= 15 is 0 Å². The van der Waals surface area contributed by atoms with Crippen LogP contribution in [0.2, 0.25) is 0 Å². The zero-order chi connectivity index (χ0) is 17.7. The number of likely N-dealkylation sites (N-methyl/N-ethyl adjacent to an activating group) is 1. The van der Waals surface area contributed by atoms with E-state index in [0.717, 1.165) is 6.07 Å². The topological polar surface area (TPSA) is 61.4 Å². The van der Waals surface area contributed by atoms with E-state index in [1.165, 1.54) is 23.1 Å². The van der Waals surface area contributed by atoms with Gasteiger partial charge < -0.3 is 10.2 Å². The summed E-state index contributed by atoms with van der Waals surface area (Å²) < 4.78 is 38.8. The molecule has 1 heterocycles. The summed E-state index contributed by atoms with van der Waals surface area (Å²) in [6.45, 7) is 1.73. The van der Waals surface area contributed by atoms with E-state index in [4.69, 9.17) is 0 Å². The molecule has 1 aliphatic rings. The fourth-order valence-electron chi connectivity index (χ4n) is 2.32. The van der Waals surface area contributed by atoms with Gasteiger partial charge in [0, 0.05) is 18.2 Å². The monoisotopic (exact) mass is 361 g/mol. The Bertz CT molecular complexity index is 604. The number of thioether (sulfide) groups is 1. The maximum Gasteiger partial charge on any atom is 0.418 e. The molecule has 2 rings (SSSR count). The van der Waals surface area contributed by atoms with Gasteiger partial charge in [0.25, 0.3) is 0 Å². The summed E-state index contributed by atoms with van der Waals surface area (Å²) >= 11 is 1.58. The standard InChI is InChI=1S/C15H18F3N3O2S/c1-2-21(14(23)12-8-24-9-19-12)7-13(22)20-11-6-4-3-5-10(11)15(16,17)18/h3-6,12,19H,2,7-9H2,1H3,(H,20,22). The number of anilines is 1. The summed E-state index contributed by atoms with van der Waals surface area (Å²) in [5.41, 5.74) is -1.23. The molecule has 2 amide bonds. The molecule has 0 radical (unpaired) electrons. The van der Waals surface area contributed by atoms with Gasteiger partial charge in [0.05, 0.1) is 23.8 Å². The normalized spacial score (nSPS) is 17.6. The molecule has 0 bridgehead atoms. The van der Waals surface area contributed by atoms with Crippen LogP contribution in [-0.4, -0.2) is 47.5 Å². The van der Waals surface area contributed by atoms with Crippen molar-refractivity contribution in [1.82, 2.24) is 10.2 Å². The summed E-state index contributed by atoms with van der Waals surface area (Å²) in [6.07, 6.45) is -4.56. The van der Waals surface area contributed by atoms with Crippen LogP contribution in [0.3, 0.4) is 0 Å². The Morgan fingerprint density at radius 1 is 1.38 bits per heavy atom. The molecule has 1 saturated heterocycles. The highest BCUT2D eigenvalue weighted by molar-refractivity contribution is 7.99. The number of nitrogens with one attached hydrogen (secondary N) is 2. The van der Waals surface area contributed by atoms with Crippen molar-refractivity contribution in [3.63, 3.8) is 0 Å². The van der Waals surface area contributed by atoms with Crippen LogP contribution in [0, 0.1) is 0 Å². The number of hydrogen-bond acceptors (Lipinski definition) is 4. The van der Waals surface area contributed by atoms with Gasteiger partial charge in [-0.3, -0.25) is 14.9 Å². The first-order chi connectivity index (χ1) is 11.3. The first kappa shape index (κ1) is 18.6. The minimum Gasteiger partial charge on any atom is -0.332 e. The molecule has 2 N–H and O–H groups in total. The summed E-state index contributed by atoms with van der Waals surface area (Å²) in [6, 6.07) is 4.40. The number of alkyl halides is 3. The summed E-state index contributed by atoms with van der Waals surface area (Å²) in [5, 5.41) is 5.26. The van der Waals surface area contributed by atoms with E-state index in [-0.39, 0.29) is 24.2 Å². The SMILES string of the molecule is CCN(CC(=O)Nc1ccccc1C(F)(F)F)C(=O)C1CSCN1. The van der Waals surface area contributed by atoms with Gasteiger partial charge >= 0.3 is 6.18 Å². The van der Waals surface area contributed by atoms with Crippen molar-refractivity contribution in [1.29, 1.82) is 0 Å². The predicted molar refractivity (Wildman–Crippen MR) is 86.6 cm³/mol. The van der Waals surface area contributed by atoms with Crippen LogP contribution in [0.15, 0.2) is 24.3 Å². The van der Waals surface area contributed by atoms with Crippen molar-refractivity contribution in [2.24, 2.45) is 0 Å². The molecule has 5 nitrogen and oxygen atoms in total. The van der Waals surface area contributed by atoms with Crippen LogP contribution in [0.1, 0.15) is 12.5 Å². The second-order valence-electron chi connectivity index (χ2n) is 5.22. The maximum atomic E-state index is 12.9. The number of carbonyl (C=O) groups excluding carboxylic acids is 2. The Balaban J connectivity index is 2.03. The largest absolute Gasteiger partial charge is 0.418 e. The molecule has 1 aromatic carbocycles. The van der Waals surface area contributed by atoms with Crippen molar-refractivity contribution in [3.8, 4) is 0 Å². The molecule has 132 valence electrons. The summed E-state index contributed by atoms with van der Waals surface area (Å²) in [5.74, 6) is 0.404. The van der Waals surface area contributed by atoms with E-state index in [0.29, 0.717) is 18.2 Å². The number of carbonyl (C=O) groups is 2. The number of halogens is 3. The zero-order valence-corrected chi connectivity index (χ0v) is 13.8. The molecule has 0 aromatic heterocycles. The highest BCUT2D eigenvalue weighted by atomic mass is 32.2. The quantitative estimate of drug-likeness (QED) is 0.844. The second-order valence-corrected chi connectivity index (χ2v) is 6.25. The van der Waals surface area contributed by atoms with Crippen LogP contribution in [0.25, 0.3) is 0 Å². The lowest BCUT2D eigenvalue weighted by atomic mass is 10.1. The first-order valence-electron chi connectivity index (χ1n) is 7.39. The van der Waals surface area contributed by atoms with Gasteiger partial charge in [-0.15, -0.1) is 11.8 Å². The number of nitrogens with zero attached hydrogens (tertiary/aromatic N) is 1. The van der Waals surface area contributed by atoms with E-state index in [1.54, 1.807) is 18.7 Å². The third-order valence-electron chi connectivity index (χ3n) is 3.55. The maximum absolute atomic E-state index is 12.9. The number of rotatable bonds is 5. The molecular formula is C15H18F3N3O2S. The van der Waals surface area contributed by atoms with E-state index in [9.17, 15) is 22.8 Å². The first-order valence-corrected chi connectivity index (χ1v) is 8.54. The van der Waals surface area contributed by atoms with Crippen molar-refractivity contribution in [3.05, 3.63) is 29.8 Å². The van der Waals surface area contributed by atoms with Gasteiger partial charge in [-0.05, 0) is 19.1 Å². The molecule has 1 aliphatic heterocycles. The van der Waals surface area contributed by atoms with Crippen molar-refractivity contribution >= 4 is 29.3 Å². The highest BCUT2D eigenvalue weighted by Gasteiger charge is 2.34. The molecule has 0 aliphatic carbocycles. The fraction of sp³-hybridized carbons (Fsp3) is 0.467. The van der Waals surface area contributed by atoms with Crippen LogP contribution in [-0.2, 0) is 15.8 Å². The molecule has 1 fully saturated rings. The Labute approximate surface area is 142 Å². The highest BCUT2D eigenvalue weighted by Crippen LogP contribution is 2.34. The smallest absolute Gasteiger partial charge is 0.332 e. The zero-order valence-electron chi connectivity index (χ0n) is 13.0. The Hall–Kier alpha value is -1.74.